The molecule has 0 aromatic carbocycles. The van der Waals surface area contributed by atoms with E-state index in [1.165, 1.54) is 13.0 Å². The van der Waals surface area contributed by atoms with Gasteiger partial charge in [-0.15, -0.1) is 0 Å². The van der Waals surface area contributed by atoms with Crippen LogP contribution in [0.15, 0.2) is 12.7 Å². The lowest BCUT2D eigenvalue weighted by Gasteiger charge is -2.30. The van der Waals surface area contributed by atoms with Crippen LogP contribution in [-0.4, -0.2) is 23.3 Å². The fourth-order valence-corrected chi connectivity index (χ4v) is 0.926. The Kier molecular flexibility index (Phi) is 4.14. The number of aliphatic hydroxyl groups excluding tert-OH is 1. The highest BCUT2D eigenvalue weighted by Crippen LogP contribution is 2.23. The van der Waals surface area contributed by atoms with Crippen LogP contribution in [0.3, 0.4) is 0 Å². The van der Waals surface area contributed by atoms with Crippen LogP contribution in [0.2, 0.25) is 0 Å². The van der Waals surface area contributed by atoms with Crippen LogP contribution in [0.1, 0.15) is 27.7 Å². The van der Waals surface area contributed by atoms with E-state index < -0.39 is 18.2 Å². The molecule has 0 saturated carbocycles. The molecule has 13 heavy (non-hydrogen) atoms. The van der Waals surface area contributed by atoms with Crippen molar-refractivity contribution in [2.75, 3.05) is 0 Å². The van der Waals surface area contributed by atoms with Crippen LogP contribution in [-0.2, 0) is 9.53 Å². The fourth-order valence-electron chi connectivity index (χ4n) is 0.926. The predicted octanol–water partition coefficient (Wildman–Crippen LogP) is 1.51. The second-order valence-electron chi connectivity index (χ2n) is 4.12. The second-order valence-corrected chi connectivity index (χ2v) is 4.12. The standard InChI is InChI=1S/C10H18O3/c1-6-8(13-7(2)11)9(12)10(3,4)5/h6,8-9,12H,1H2,2-5H3/t8-,9+/m1/s1. The van der Waals surface area contributed by atoms with Crippen molar-refractivity contribution < 1.29 is 14.6 Å². The highest BCUT2D eigenvalue weighted by molar-refractivity contribution is 5.66. The molecule has 0 radical (unpaired) electrons. The van der Waals surface area contributed by atoms with Gasteiger partial charge in [0.25, 0.3) is 0 Å². The Morgan fingerprint density at radius 2 is 2.00 bits per heavy atom. The summed E-state index contributed by atoms with van der Waals surface area (Å²) in [5.41, 5.74) is -0.325. The van der Waals surface area contributed by atoms with Crippen molar-refractivity contribution in [3.8, 4) is 0 Å². The summed E-state index contributed by atoms with van der Waals surface area (Å²) in [7, 11) is 0. The molecule has 0 heterocycles. The SMILES string of the molecule is C=C[C@@H](OC(C)=O)[C@H](O)C(C)(C)C. The molecule has 0 rings (SSSR count). The molecule has 0 aromatic heterocycles. The average molecular weight is 186 g/mol. The summed E-state index contributed by atoms with van der Waals surface area (Å²) in [6.07, 6.45) is 0.0866. The lowest BCUT2D eigenvalue weighted by atomic mass is 9.86. The van der Waals surface area contributed by atoms with Gasteiger partial charge >= 0.3 is 5.97 Å². The Hall–Kier alpha value is -0.830. The van der Waals surface area contributed by atoms with Crippen molar-refractivity contribution >= 4 is 5.97 Å². The lowest BCUT2D eigenvalue weighted by Crippen LogP contribution is -2.38. The zero-order valence-corrected chi connectivity index (χ0v) is 8.70. The minimum atomic E-state index is -0.728. The highest BCUT2D eigenvalue weighted by Gasteiger charge is 2.30. The molecule has 0 amide bonds. The van der Waals surface area contributed by atoms with Gasteiger partial charge in [0.2, 0.25) is 0 Å². The van der Waals surface area contributed by atoms with Crippen molar-refractivity contribution in [3.05, 3.63) is 12.7 Å². The van der Waals surface area contributed by atoms with Crippen LogP contribution in [0, 0.1) is 5.41 Å². The van der Waals surface area contributed by atoms with Crippen LogP contribution in [0.25, 0.3) is 0 Å². The molecule has 2 atom stereocenters. The van der Waals surface area contributed by atoms with E-state index >= 15 is 0 Å². The summed E-state index contributed by atoms with van der Waals surface area (Å²) in [6, 6.07) is 0. The summed E-state index contributed by atoms with van der Waals surface area (Å²) in [5.74, 6) is -0.409. The first-order valence-electron chi connectivity index (χ1n) is 4.27. The number of esters is 1. The Morgan fingerprint density at radius 1 is 1.54 bits per heavy atom. The quantitative estimate of drug-likeness (QED) is 0.537. The predicted molar refractivity (Wildman–Crippen MR) is 51.2 cm³/mol. The van der Waals surface area contributed by atoms with Gasteiger partial charge < -0.3 is 9.84 Å². The van der Waals surface area contributed by atoms with Gasteiger partial charge in [0.05, 0.1) is 6.10 Å². The second kappa shape index (κ2) is 4.42. The minimum absolute atomic E-state index is 0.325. The van der Waals surface area contributed by atoms with Gasteiger partial charge in [-0.2, -0.15) is 0 Å². The molecule has 0 bridgehead atoms. The van der Waals surface area contributed by atoms with Gasteiger partial charge in [-0.1, -0.05) is 27.4 Å². The number of ether oxygens (including phenoxy) is 1. The van der Waals surface area contributed by atoms with E-state index in [1.54, 1.807) is 0 Å². The first-order chi connectivity index (χ1) is 5.79. The van der Waals surface area contributed by atoms with Crippen molar-refractivity contribution in [2.24, 2.45) is 5.41 Å². The van der Waals surface area contributed by atoms with Crippen LogP contribution >= 0.6 is 0 Å². The largest absolute Gasteiger partial charge is 0.456 e. The van der Waals surface area contributed by atoms with E-state index in [9.17, 15) is 9.90 Å². The number of hydrogen-bond donors (Lipinski definition) is 1. The maximum atomic E-state index is 10.7. The topological polar surface area (TPSA) is 46.5 Å². The van der Waals surface area contributed by atoms with E-state index in [1.807, 2.05) is 20.8 Å². The molecule has 0 aromatic rings. The molecule has 0 fully saturated rings. The van der Waals surface area contributed by atoms with E-state index in [2.05, 4.69) is 6.58 Å². The van der Waals surface area contributed by atoms with Gasteiger partial charge in [0, 0.05) is 6.92 Å². The molecule has 3 nitrogen and oxygen atoms in total. The van der Waals surface area contributed by atoms with Gasteiger partial charge in [-0.05, 0) is 11.5 Å². The summed E-state index contributed by atoms with van der Waals surface area (Å²) < 4.78 is 4.88. The minimum Gasteiger partial charge on any atom is -0.456 e. The van der Waals surface area contributed by atoms with Crippen LogP contribution in [0.5, 0.6) is 0 Å². The molecule has 3 heteroatoms. The fraction of sp³-hybridized carbons (Fsp3) is 0.700. The Labute approximate surface area is 79.4 Å². The van der Waals surface area contributed by atoms with Gasteiger partial charge in [0.1, 0.15) is 6.10 Å². The first-order valence-corrected chi connectivity index (χ1v) is 4.27. The summed E-state index contributed by atoms with van der Waals surface area (Å²) >= 11 is 0. The summed E-state index contributed by atoms with van der Waals surface area (Å²) in [5, 5.41) is 9.75. The molecular weight excluding hydrogens is 168 g/mol. The number of hydrogen-bond acceptors (Lipinski definition) is 3. The third-order valence-corrected chi connectivity index (χ3v) is 1.73. The van der Waals surface area contributed by atoms with Crippen molar-refractivity contribution in [1.82, 2.24) is 0 Å². The molecular formula is C10H18O3. The number of rotatable bonds is 3. The molecule has 0 aliphatic heterocycles. The molecule has 76 valence electrons. The summed E-state index contributed by atoms with van der Waals surface area (Å²) in [4.78, 5) is 10.7. The van der Waals surface area contributed by atoms with Gasteiger partial charge in [-0.3, -0.25) is 4.79 Å². The molecule has 0 unspecified atom stereocenters. The van der Waals surface area contributed by atoms with Gasteiger partial charge in [-0.25, -0.2) is 0 Å². The average Bonchev–Trinajstić information content (AvgIpc) is 1.96. The van der Waals surface area contributed by atoms with Crippen LogP contribution in [0.4, 0.5) is 0 Å². The normalized spacial score (nSPS) is 16.1. The molecule has 0 saturated heterocycles. The van der Waals surface area contributed by atoms with Crippen LogP contribution < -0.4 is 0 Å². The van der Waals surface area contributed by atoms with Crippen molar-refractivity contribution in [2.45, 2.75) is 39.9 Å². The summed E-state index contributed by atoms with van der Waals surface area (Å²) in [6.45, 7) is 10.4. The van der Waals surface area contributed by atoms with Gasteiger partial charge in [0.15, 0.2) is 0 Å². The van der Waals surface area contributed by atoms with E-state index in [0.717, 1.165) is 0 Å². The molecule has 1 N–H and O–H groups in total. The number of carbonyl (C=O) groups excluding carboxylic acids is 1. The zero-order chi connectivity index (χ0) is 10.6. The molecule has 0 aliphatic carbocycles. The number of aliphatic hydroxyl groups is 1. The maximum absolute atomic E-state index is 10.7. The number of carbonyl (C=O) groups is 1. The Balaban J connectivity index is 4.40. The lowest BCUT2D eigenvalue weighted by molar-refractivity contribution is -0.152. The first kappa shape index (κ1) is 12.2. The highest BCUT2D eigenvalue weighted by atomic mass is 16.6. The van der Waals surface area contributed by atoms with E-state index in [0.29, 0.717) is 0 Å². The van der Waals surface area contributed by atoms with E-state index in [4.69, 9.17) is 4.74 Å². The van der Waals surface area contributed by atoms with E-state index in [-0.39, 0.29) is 5.41 Å². The monoisotopic (exact) mass is 186 g/mol. The zero-order valence-electron chi connectivity index (χ0n) is 8.70. The Bertz CT molecular complexity index is 191. The van der Waals surface area contributed by atoms with Crippen molar-refractivity contribution in [1.29, 1.82) is 0 Å². The molecule has 0 aliphatic rings. The maximum Gasteiger partial charge on any atom is 0.303 e. The third kappa shape index (κ3) is 4.08. The Morgan fingerprint density at radius 3 is 2.23 bits per heavy atom. The van der Waals surface area contributed by atoms with Crippen molar-refractivity contribution in [3.63, 3.8) is 0 Å². The smallest absolute Gasteiger partial charge is 0.303 e. The molecule has 0 spiro atoms. The third-order valence-electron chi connectivity index (χ3n) is 1.73.